The van der Waals surface area contributed by atoms with Gasteiger partial charge in [-0.15, -0.1) is 0 Å². The molecular formula is C18H21N3O4. The van der Waals surface area contributed by atoms with Gasteiger partial charge in [-0.25, -0.2) is 0 Å². The van der Waals surface area contributed by atoms with Crippen LogP contribution >= 0.6 is 0 Å². The molecule has 1 aromatic carbocycles. The van der Waals surface area contributed by atoms with E-state index in [-0.39, 0.29) is 24.0 Å². The largest absolute Gasteiger partial charge is 0.480 e. The molecule has 7 nitrogen and oxygen atoms in total. The second kappa shape index (κ2) is 6.15. The number of carbonyl (C=O) groups excluding carboxylic acids is 1. The third-order valence-electron chi connectivity index (χ3n) is 5.07. The van der Waals surface area contributed by atoms with Crippen molar-refractivity contribution in [2.24, 2.45) is 0 Å². The monoisotopic (exact) mass is 343 g/mol. The van der Waals surface area contributed by atoms with Crippen molar-refractivity contribution in [3.63, 3.8) is 0 Å². The fourth-order valence-electron chi connectivity index (χ4n) is 3.69. The number of para-hydroxylation sites is 1. The number of methoxy groups -OCH3 is 1. The number of carbonyl (C=O) groups is 1. The second-order valence-corrected chi connectivity index (χ2v) is 6.64. The summed E-state index contributed by atoms with van der Waals surface area (Å²) in [4.78, 5) is 19.3. The van der Waals surface area contributed by atoms with Gasteiger partial charge < -0.3 is 18.9 Å². The fourth-order valence-corrected chi connectivity index (χ4v) is 3.69. The van der Waals surface area contributed by atoms with E-state index in [0.29, 0.717) is 24.7 Å². The number of hydrogen-bond acceptors (Lipinski definition) is 6. The van der Waals surface area contributed by atoms with E-state index >= 15 is 0 Å². The lowest BCUT2D eigenvalue weighted by atomic mass is 9.96. The van der Waals surface area contributed by atoms with Crippen LogP contribution < -0.4 is 4.74 Å². The van der Waals surface area contributed by atoms with Crippen molar-refractivity contribution in [2.75, 3.05) is 13.7 Å². The van der Waals surface area contributed by atoms with Gasteiger partial charge in [0.25, 0.3) is 5.91 Å². The van der Waals surface area contributed by atoms with E-state index in [1.807, 2.05) is 31.2 Å². The van der Waals surface area contributed by atoms with Gasteiger partial charge in [0.1, 0.15) is 11.8 Å². The summed E-state index contributed by atoms with van der Waals surface area (Å²) in [6.07, 6.45) is 0.0394. The first-order chi connectivity index (χ1) is 12.1. The summed E-state index contributed by atoms with van der Waals surface area (Å²) in [6, 6.07) is 7.51. The molecule has 4 rings (SSSR count). The van der Waals surface area contributed by atoms with Gasteiger partial charge in [0, 0.05) is 31.6 Å². The van der Waals surface area contributed by atoms with Crippen molar-refractivity contribution >= 4 is 5.91 Å². The average Bonchev–Trinajstić information content (AvgIpc) is 3.31. The van der Waals surface area contributed by atoms with Gasteiger partial charge in [-0.1, -0.05) is 30.3 Å². The van der Waals surface area contributed by atoms with Gasteiger partial charge in [-0.05, 0) is 13.0 Å². The Bertz CT molecular complexity index is 790. The van der Waals surface area contributed by atoms with E-state index in [0.717, 1.165) is 11.3 Å². The van der Waals surface area contributed by atoms with Gasteiger partial charge in [0.15, 0.2) is 11.9 Å². The number of rotatable bonds is 3. The molecule has 2 aliphatic heterocycles. The normalized spacial score (nSPS) is 28.0. The van der Waals surface area contributed by atoms with E-state index in [2.05, 4.69) is 10.1 Å². The van der Waals surface area contributed by atoms with Gasteiger partial charge in [-0.2, -0.15) is 4.98 Å². The minimum Gasteiger partial charge on any atom is -0.480 e. The molecule has 2 unspecified atom stereocenters. The van der Waals surface area contributed by atoms with Crippen LogP contribution in [-0.4, -0.2) is 46.8 Å². The Kier molecular flexibility index (Phi) is 3.95. The third kappa shape index (κ3) is 2.68. The minimum atomic E-state index is -0.542. The molecule has 0 aliphatic carbocycles. The number of hydrogen-bond donors (Lipinski definition) is 0. The number of fused-ring (bicyclic) bond motifs is 1. The van der Waals surface area contributed by atoms with E-state index in [4.69, 9.17) is 14.0 Å². The smallest absolute Gasteiger partial charge is 0.265 e. The first-order valence-corrected chi connectivity index (χ1v) is 8.47. The molecule has 0 spiro atoms. The van der Waals surface area contributed by atoms with Crippen LogP contribution in [0.2, 0.25) is 0 Å². The summed E-state index contributed by atoms with van der Waals surface area (Å²) in [6.45, 7) is 4.27. The molecule has 1 aromatic heterocycles. The molecule has 0 bridgehead atoms. The first-order valence-electron chi connectivity index (χ1n) is 8.47. The lowest BCUT2D eigenvalue weighted by molar-refractivity contribution is -0.140. The maximum absolute atomic E-state index is 13.2. The van der Waals surface area contributed by atoms with Crippen molar-refractivity contribution in [2.45, 2.75) is 44.4 Å². The van der Waals surface area contributed by atoms with Crippen LogP contribution in [0.25, 0.3) is 0 Å². The van der Waals surface area contributed by atoms with Gasteiger partial charge in [-0.3, -0.25) is 4.79 Å². The number of benzene rings is 1. The maximum atomic E-state index is 13.2. The molecule has 3 heterocycles. The fraction of sp³-hybridized carbons (Fsp3) is 0.500. The van der Waals surface area contributed by atoms with Crippen molar-refractivity contribution in [1.82, 2.24) is 15.0 Å². The molecule has 2 aromatic rings. The van der Waals surface area contributed by atoms with Crippen LogP contribution in [0, 0.1) is 6.92 Å². The highest BCUT2D eigenvalue weighted by molar-refractivity contribution is 5.84. The van der Waals surface area contributed by atoms with Crippen molar-refractivity contribution in [3.05, 3.63) is 41.5 Å². The molecule has 1 saturated heterocycles. The van der Waals surface area contributed by atoms with Crippen molar-refractivity contribution in [1.29, 1.82) is 0 Å². The number of aryl methyl sites for hydroxylation is 1. The number of aromatic nitrogens is 2. The molecule has 25 heavy (non-hydrogen) atoms. The molecule has 2 aliphatic rings. The lowest BCUT2D eigenvalue weighted by Gasteiger charge is -2.26. The van der Waals surface area contributed by atoms with Crippen molar-refractivity contribution < 1.29 is 18.8 Å². The van der Waals surface area contributed by atoms with E-state index in [9.17, 15) is 4.79 Å². The molecule has 4 atom stereocenters. The molecule has 1 amide bonds. The second-order valence-electron chi connectivity index (χ2n) is 6.64. The van der Waals surface area contributed by atoms with E-state index in [1.54, 1.807) is 18.9 Å². The Morgan fingerprint density at radius 2 is 2.16 bits per heavy atom. The Morgan fingerprint density at radius 3 is 2.84 bits per heavy atom. The lowest BCUT2D eigenvalue weighted by Crippen LogP contribution is -2.42. The number of likely N-dealkylation sites (tertiary alicyclic amines) is 1. The predicted molar refractivity (Wildman–Crippen MR) is 88.2 cm³/mol. The third-order valence-corrected chi connectivity index (χ3v) is 5.07. The molecule has 7 heteroatoms. The average molecular weight is 343 g/mol. The molecule has 1 fully saturated rings. The van der Waals surface area contributed by atoms with Crippen LogP contribution in [0.1, 0.15) is 42.6 Å². The Morgan fingerprint density at radius 1 is 1.36 bits per heavy atom. The van der Waals surface area contributed by atoms with Crippen LogP contribution in [0.15, 0.2) is 28.8 Å². The zero-order valence-electron chi connectivity index (χ0n) is 14.5. The Labute approximate surface area is 145 Å². The van der Waals surface area contributed by atoms with E-state index in [1.165, 1.54) is 0 Å². The molecule has 132 valence electrons. The van der Waals surface area contributed by atoms with Gasteiger partial charge in [0.05, 0.1) is 6.10 Å². The summed E-state index contributed by atoms with van der Waals surface area (Å²) in [5, 5.41) is 3.85. The van der Waals surface area contributed by atoms with Crippen LogP contribution in [0.4, 0.5) is 0 Å². The number of nitrogens with zero attached hydrogens (tertiary/aromatic N) is 3. The minimum absolute atomic E-state index is 0.00429. The van der Waals surface area contributed by atoms with Crippen LogP contribution in [-0.2, 0) is 9.53 Å². The van der Waals surface area contributed by atoms with Crippen LogP contribution in [0.3, 0.4) is 0 Å². The number of ether oxygens (including phenoxy) is 2. The van der Waals surface area contributed by atoms with E-state index < -0.39 is 6.10 Å². The highest BCUT2D eigenvalue weighted by Crippen LogP contribution is 2.41. The summed E-state index contributed by atoms with van der Waals surface area (Å²) >= 11 is 0. The SMILES string of the molecule is CO[C@@H]1C[C@H](c2nc(C)no2)N(C(=O)C2Oc3ccccc3C2C)C1. The summed E-state index contributed by atoms with van der Waals surface area (Å²) in [5.74, 6) is 1.72. The topological polar surface area (TPSA) is 77.7 Å². The standard InChI is InChI=1S/C18H21N3O4/c1-10-13-6-4-5-7-15(13)24-16(10)18(22)21-9-12(23-3)8-14(21)17-19-11(2)20-25-17/h4-7,10,12,14,16H,8-9H2,1-3H3/t10?,12-,14-,16?/m1/s1. The summed E-state index contributed by atoms with van der Waals surface area (Å²) in [7, 11) is 1.65. The molecule has 0 N–H and O–H groups in total. The highest BCUT2D eigenvalue weighted by atomic mass is 16.5. The Balaban J connectivity index is 1.60. The Hall–Kier alpha value is -2.41. The summed E-state index contributed by atoms with van der Waals surface area (Å²) in [5.41, 5.74) is 1.06. The van der Waals surface area contributed by atoms with Gasteiger partial charge in [0.2, 0.25) is 5.89 Å². The zero-order chi connectivity index (χ0) is 17.6. The zero-order valence-corrected chi connectivity index (χ0v) is 14.5. The van der Waals surface area contributed by atoms with Crippen LogP contribution in [0.5, 0.6) is 5.75 Å². The van der Waals surface area contributed by atoms with Crippen molar-refractivity contribution in [3.8, 4) is 5.75 Å². The predicted octanol–water partition coefficient (Wildman–Crippen LogP) is 2.23. The number of amides is 1. The molecule has 0 radical (unpaired) electrons. The van der Waals surface area contributed by atoms with Gasteiger partial charge >= 0.3 is 0 Å². The maximum Gasteiger partial charge on any atom is 0.265 e. The first kappa shape index (κ1) is 16.1. The highest BCUT2D eigenvalue weighted by Gasteiger charge is 2.46. The molecule has 0 saturated carbocycles. The molecular weight excluding hydrogens is 322 g/mol. The quantitative estimate of drug-likeness (QED) is 0.850. The summed E-state index contributed by atoms with van der Waals surface area (Å²) < 4.78 is 16.8.